The molecule has 0 aromatic heterocycles. The van der Waals surface area contributed by atoms with E-state index in [2.05, 4.69) is 13.2 Å². The maximum absolute atomic E-state index is 12.2. The number of hydrogen-bond acceptors (Lipinski definition) is 6. The maximum atomic E-state index is 12.2. The first kappa shape index (κ1) is 20.9. The molecule has 0 heterocycles. The number of benzene rings is 3. The molecule has 30 heavy (non-hydrogen) atoms. The SMILES string of the molecule is C=CCOC(=O)Oc1c2ccc(C)cc2c(OC(=O)OCC=C)c2cc(C)ccc12. The number of carbonyl (C=O) groups excluding carboxylic acids is 2. The molecule has 0 aliphatic rings. The minimum Gasteiger partial charge on any atom is -0.430 e. The highest BCUT2D eigenvalue weighted by atomic mass is 16.7. The fourth-order valence-electron chi connectivity index (χ4n) is 3.08. The van der Waals surface area contributed by atoms with Crippen LogP contribution < -0.4 is 9.47 Å². The van der Waals surface area contributed by atoms with Gasteiger partial charge < -0.3 is 18.9 Å². The lowest BCUT2D eigenvalue weighted by Crippen LogP contribution is -2.13. The van der Waals surface area contributed by atoms with Crippen LogP contribution in [0.25, 0.3) is 21.5 Å². The lowest BCUT2D eigenvalue weighted by Gasteiger charge is -2.17. The van der Waals surface area contributed by atoms with Gasteiger partial charge in [0.15, 0.2) is 0 Å². The molecule has 0 bridgehead atoms. The van der Waals surface area contributed by atoms with Crippen molar-refractivity contribution in [3.05, 3.63) is 72.8 Å². The predicted molar refractivity (Wildman–Crippen MR) is 115 cm³/mol. The van der Waals surface area contributed by atoms with Gasteiger partial charge in [0.2, 0.25) is 0 Å². The minimum absolute atomic E-state index is 0.0308. The van der Waals surface area contributed by atoms with Gasteiger partial charge in [0, 0.05) is 21.5 Å². The summed E-state index contributed by atoms with van der Waals surface area (Å²) < 4.78 is 21.1. The average Bonchev–Trinajstić information content (AvgIpc) is 2.72. The van der Waals surface area contributed by atoms with Crippen molar-refractivity contribution in [3.63, 3.8) is 0 Å². The molecule has 3 rings (SSSR count). The highest BCUT2D eigenvalue weighted by Gasteiger charge is 2.21. The molecule has 0 unspecified atom stereocenters. The zero-order valence-electron chi connectivity index (χ0n) is 16.9. The van der Waals surface area contributed by atoms with E-state index in [1.54, 1.807) is 0 Å². The Morgan fingerprint density at radius 2 is 1.13 bits per heavy atom. The van der Waals surface area contributed by atoms with Crippen LogP contribution in [-0.2, 0) is 9.47 Å². The van der Waals surface area contributed by atoms with Crippen LogP contribution >= 0.6 is 0 Å². The monoisotopic (exact) mass is 406 g/mol. The smallest absolute Gasteiger partial charge is 0.430 e. The van der Waals surface area contributed by atoms with E-state index in [0.29, 0.717) is 33.0 Å². The molecule has 6 heteroatoms. The van der Waals surface area contributed by atoms with Crippen LogP contribution in [0.4, 0.5) is 9.59 Å². The third kappa shape index (κ3) is 4.43. The van der Waals surface area contributed by atoms with Gasteiger partial charge in [-0.2, -0.15) is 0 Å². The summed E-state index contributed by atoms with van der Waals surface area (Å²) in [5, 5.41) is 2.41. The Morgan fingerprint density at radius 3 is 1.53 bits per heavy atom. The first-order chi connectivity index (χ1) is 14.4. The number of fused-ring (bicyclic) bond motifs is 2. The van der Waals surface area contributed by atoms with E-state index in [1.165, 1.54) is 12.2 Å². The molecule has 0 fully saturated rings. The van der Waals surface area contributed by atoms with Gasteiger partial charge in [-0.1, -0.05) is 60.7 Å². The fourth-order valence-corrected chi connectivity index (χ4v) is 3.08. The molecule has 0 atom stereocenters. The van der Waals surface area contributed by atoms with E-state index in [4.69, 9.17) is 18.9 Å². The zero-order chi connectivity index (χ0) is 21.7. The van der Waals surface area contributed by atoms with Gasteiger partial charge in [-0.25, -0.2) is 9.59 Å². The predicted octanol–water partition coefficient (Wildman–Crippen LogP) is 6.01. The highest BCUT2D eigenvalue weighted by Crippen LogP contribution is 2.43. The number of hydrogen-bond donors (Lipinski definition) is 0. The van der Waals surface area contributed by atoms with Gasteiger partial charge in [-0.05, 0) is 26.0 Å². The molecule has 6 nitrogen and oxygen atoms in total. The van der Waals surface area contributed by atoms with Crippen molar-refractivity contribution in [2.24, 2.45) is 0 Å². The van der Waals surface area contributed by atoms with Crippen molar-refractivity contribution in [2.75, 3.05) is 13.2 Å². The Bertz CT molecular complexity index is 1080. The second kappa shape index (κ2) is 9.13. The van der Waals surface area contributed by atoms with Crippen molar-refractivity contribution >= 4 is 33.9 Å². The van der Waals surface area contributed by atoms with E-state index in [9.17, 15) is 9.59 Å². The van der Waals surface area contributed by atoms with Gasteiger partial charge in [-0.15, -0.1) is 0 Å². The molecule has 3 aromatic rings. The normalized spacial score (nSPS) is 10.5. The first-order valence-corrected chi connectivity index (χ1v) is 9.32. The Morgan fingerprint density at radius 1 is 0.733 bits per heavy atom. The summed E-state index contributed by atoms with van der Waals surface area (Å²) in [4.78, 5) is 24.4. The van der Waals surface area contributed by atoms with Crippen LogP contribution in [-0.4, -0.2) is 25.5 Å². The van der Waals surface area contributed by atoms with E-state index >= 15 is 0 Å². The molecule has 0 N–H and O–H groups in total. The maximum Gasteiger partial charge on any atom is 0.514 e. The second-order valence-corrected chi connectivity index (χ2v) is 6.66. The molecule has 0 aliphatic carbocycles. The molecule has 0 saturated carbocycles. The molecule has 0 aliphatic heterocycles. The van der Waals surface area contributed by atoms with Gasteiger partial charge in [0.1, 0.15) is 24.7 Å². The summed E-state index contributed by atoms with van der Waals surface area (Å²) >= 11 is 0. The van der Waals surface area contributed by atoms with Crippen molar-refractivity contribution in [1.82, 2.24) is 0 Å². The fraction of sp³-hybridized carbons (Fsp3) is 0.167. The number of rotatable bonds is 6. The largest absolute Gasteiger partial charge is 0.514 e. The van der Waals surface area contributed by atoms with Gasteiger partial charge in [0.05, 0.1) is 0 Å². The van der Waals surface area contributed by atoms with E-state index < -0.39 is 12.3 Å². The molecular formula is C24H22O6. The van der Waals surface area contributed by atoms with Crippen molar-refractivity contribution < 1.29 is 28.5 Å². The zero-order valence-corrected chi connectivity index (χ0v) is 16.9. The highest BCUT2D eigenvalue weighted by molar-refractivity contribution is 6.12. The van der Waals surface area contributed by atoms with Crippen LogP contribution in [0.3, 0.4) is 0 Å². The van der Waals surface area contributed by atoms with Crippen molar-refractivity contribution in [1.29, 1.82) is 0 Å². The Kier molecular flexibility index (Phi) is 6.37. The molecule has 0 radical (unpaired) electrons. The number of aryl methyl sites for hydroxylation is 2. The van der Waals surface area contributed by atoms with E-state index in [-0.39, 0.29) is 13.2 Å². The quantitative estimate of drug-likeness (QED) is 0.216. The van der Waals surface area contributed by atoms with Gasteiger partial charge in [0.25, 0.3) is 0 Å². The second-order valence-electron chi connectivity index (χ2n) is 6.66. The third-order valence-electron chi connectivity index (χ3n) is 4.34. The van der Waals surface area contributed by atoms with Crippen LogP contribution in [0.15, 0.2) is 61.7 Å². The lowest BCUT2D eigenvalue weighted by atomic mass is 9.98. The van der Waals surface area contributed by atoms with Crippen molar-refractivity contribution in [3.8, 4) is 11.5 Å². The van der Waals surface area contributed by atoms with Crippen LogP contribution in [0, 0.1) is 13.8 Å². The van der Waals surface area contributed by atoms with E-state index in [1.807, 2.05) is 50.2 Å². The number of ether oxygens (including phenoxy) is 4. The summed E-state index contributed by atoms with van der Waals surface area (Å²) in [6.45, 7) is 10.9. The first-order valence-electron chi connectivity index (χ1n) is 9.32. The Hall–Kier alpha value is -3.80. The van der Waals surface area contributed by atoms with Crippen LogP contribution in [0.2, 0.25) is 0 Å². The molecule has 3 aromatic carbocycles. The molecule has 0 spiro atoms. The van der Waals surface area contributed by atoms with Gasteiger partial charge >= 0.3 is 12.3 Å². The topological polar surface area (TPSA) is 71.1 Å². The standard InChI is InChI=1S/C24H22O6/c1-5-11-27-23(25)29-21-17-9-7-15(3)13-19(17)22(30-24(26)28-12-6-2)20-14-16(4)8-10-18(20)21/h5-10,13-14H,1-2,11-12H2,3-4H3. The minimum atomic E-state index is -0.849. The summed E-state index contributed by atoms with van der Waals surface area (Å²) in [5.41, 5.74) is 1.89. The summed E-state index contributed by atoms with van der Waals surface area (Å²) in [7, 11) is 0. The molecule has 0 amide bonds. The summed E-state index contributed by atoms with van der Waals surface area (Å²) in [5.74, 6) is 0.647. The van der Waals surface area contributed by atoms with Crippen LogP contribution in [0.1, 0.15) is 11.1 Å². The Labute approximate surface area is 174 Å². The number of carbonyl (C=O) groups is 2. The van der Waals surface area contributed by atoms with Crippen molar-refractivity contribution in [2.45, 2.75) is 13.8 Å². The van der Waals surface area contributed by atoms with E-state index in [0.717, 1.165) is 11.1 Å². The summed E-state index contributed by atoms with van der Waals surface area (Å²) in [6, 6.07) is 11.1. The molecule has 154 valence electrons. The summed E-state index contributed by atoms with van der Waals surface area (Å²) in [6.07, 6.45) is 1.21. The molecular weight excluding hydrogens is 384 g/mol. The van der Waals surface area contributed by atoms with Gasteiger partial charge in [-0.3, -0.25) is 0 Å². The van der Waals surface area contributed by atoms with Crippen LogP contribution in [0.5, 0.6) is 11.5 Å². The Balaban J connectivity index is 2.24. The average molecular weight is 406 g/mol. The third-order valence-corrected chi connectivity index (χ3v) is 4.34. The lowest BCUT2D eigenvalue weighted by molar-refractivity contribution is 0.109. The molecule has 0 saturated heterocycles.